The SMILES string of the molecule is COc1cc(/C=C2/SC(=O)N(CC3CCCCC3)C2=O)cc(I)c1OCc1ccc(C(=O)O)cc1. The van der Waals surface area contributed by atoms with Gasteiger partial charge in [-0.25, -0.2) is 4.79 Å². The molecule has 2 amide bonds. The number of carbonyl (C=O) groups excluding carboxylic acids is 2. The number of carboxylic acids is 1. The standard InChI is InChI=1S/C26H26INO6S/c1-33-21-12-18(11-20(27)23(21)34-15-17-7-9-19(10-8-17)25(30)31)13-22-24(29)28(26(32)35-22)14-16-5-3-2-4-6-16/h7-13,16H,2-6,14-15H2,1H3,(H,30,31)/b22-13+. The second-order valence-electron chi connectivity index (χ2n) is 8.62. The molecule has 1 N–H and O–H groups in total. The number of hydrogen-bond acceptors (Lipinski definition) is 6. The molecule has 2 aliphatic rings. The lowest BCUT2D eigenvalue weighted by Gasteiger charge is -2.25. The molecule has 2 fully saturated rings. The molecule has 0 radical (unpaired) electrons. The minimum absolute atomic E-state index is 0.206. The van der Waals surface area contributed by atoms with Gasteiger partial charge in [-0.1, -0.05) is 31.4 Å². The second-order valence-corrected chi connectivity index (χ2v) is 10.8. The van der Waals surface area contributed by atoms with E-state index >= 15 is 0 Å². The fraction of sp³-hybridized carbons (Fsp3) is 0.346. The number of benzene rings is 2. The predicted molar refractivity (Wildman–Crippen MR) is 143 cm³/mol. The van der Waals surface area contributed by atoms with Gasteiger partial charge in [-0.15, -0.1) is 0 Å². The number of thioether (sulfide) groups is 1. The van der Waals surface area contributed by atoms with E-state index in [1.807, 2.05) is 6.07 Å². The lowest BCUT2D eigenvalue weighted by Crippen LogP contribution is -2.34. The molecule has 1 aliphatic carbocycles. The predicted octanol–water partition coefficient (Wildman–Crippen LogP) is 6.19. The largest absolute Gasteiger partial charge is 0.493 e. The van der Waals surface area contributed by atoms with Crippen LogP contribution >= 0.6 is 34.4 Å². The van der Waals surface area contributed by atoms with Crippen molar-refractivity contribution < 1.29 is 29.0 Å². The zero-order valence-electron chi connectivity index (χ0n) is 19.3. The van der Waals surface area contributed by atoms with Crippen LogP contribution in [-0.2, 0) is 11.4 Å². The van der Waals surface area contributed by atoms with Gasteiger partial charge in [-0.05, 0) is 94.6 Å². The van der Waals surface area contributed by atoms with Gasteiger partial charge in [0.05, 0.1) is 21.1 Å². The maximum atomic E-state index is 12.9. The highest BCUT2D eigenvalue weighted by Gasteiger charge is 2.36. The summed E-state index contributed by atoms with van der Waals surface area (Å²) in [6.07, 6.45) is 7.43. The molecule has 0 atom stereocenters. The minimum Gasteiger partial charge on any atom is -0.493 e. The number of carbonyl (C=O) groups is 3. The number of halogens is 1. The molecule has 7 nitrogen and oxygen atoms in total. The number of carboxylic acid groups (broad SMARTS) is 1. The fourth-order valence-electron chi connectivity index (χ4n) is 4.30. The maximum absolute atomic E-state index is 12.9. The molecule has 0 bridgehead atoms. The molecule has 184 valence electrons. The number of hydrogen-bond donors (Lipinski definition) is 1. The normalized spacial score (nSPS) is 17.8. The van der Waals surface area contributed by atoms with Crippen LogP contribution in [0.4, 0.5) is 4.79 Å². The summed E-state index contributed by atoms with van der Waals surface area (Å²) in [7, 11) is 1.54. The first-order valence-corrected chi connectivity index (χ1v) is 13.3. The molecule has 1 saturated heterocycles. The van der Waals surface area contributed by atoms with Crippen LogP contribution in [0.1, 0.15) is 53.6 Å². The van der Waals surface area contributed by atoms with Crippen molar-refractivity contribution in [3.63, 3.8) is 0 Å². The first-order valence-electron chi connectivity index (χ1n) is 11.4. The summed E-state index contributed by atoms with van der Waals surface area (Å²) in [4.78, 5) is 38.3. The smallest absolute Gasteiger partial charge is 0.335 e. The van der Waals surface area contributed by atoms with Gasteiger partial charge < -0.3 is 14.6 Å². The van der Waals surface area contributed by atoms with Crippen molar-refractivity contribution in [1.82, 2.24) is 4.90 Å². The lowest BCUT2D eigenvalue weighted by molar-refractivity contribution is -0.123. The third-order valence-corrected chi connectivity index (χ3v) is 7.88. The Labute approximate surface area is 222 Å². The lowest BCUT2D eigenvalue weighted by atomic mass is 9.89. The van der Waals surface area contributed by atoms with Crippen molar-refractivity contribution in [2.45, 2.75) is 38.7 Å². The molecule has 2 aromatic rings. The summed E-state index contributed by atoms with van der Waals surface area (Å²) in [5.74, 6) is 0.250. The Kier molecular flexibility index (Phi) is 8.38. The van der Waals surface area contributed by atoms with E-state index < -0.39 is 5.97 Å². The topological polar surface area (TPSA) is 93.1 Å². The van der Waals surface area contributed by atoms with E-state index in [1.54, 1.807) is 31.4 Å². The van der Waals surface area contributed by atoms with Crippen LogP contribution in [0.5, 0.6) is 11.5 Å². The van der Waals surface area contributed by atoms with Crippen LogP contribution in [-0.4, -0.2) is 40.8 Å². The third kappa shape index (κ3) is 6.19. The Bertz CT molecular complexity index is 1160. The molecule has 0 aromatic heterocycles. The highest BCUT2D eigenvalue weighted by atomic mass is 127. The average molecular weight is 607 g/mol. The van der Waals surface area contributed by atoms with Gasteiger partial charge in [0.2, 0.25) is 0 Å². The Morgan fingerprint density at radius 3 is 2.54 bits per heavy atom. The van der Waals surface area contributed by atoms with Gasteiger partial charge in [0.25, 0.3) is 11.1 Å². The van der Waals surface area contributed by atoms with Gasteiger partial charge in [-0.2, -0.15) is 0 Å². The summed E-state index contributed by atoms with van der Waals surface area (Å²) in [6, 6.07) is 10.1. The number of ether oxygens (including phenoxy) is 2. The van der Waals surface area contributed by atoms with Gasteiger partial charge in [0.15, 0.2) is 11.5 Å². The van der Waals surface area contributed by atoms with Gasteiger partial charge in [0.1, 0.15) is 6.61 Å². The highest BCUT2D eigenvalue weighted by Crippen LogP contribution is 2.38. The number of aromatic carboxylic acids is 1. The molecule has 9 heteroatoms. The summed E-state index contributed by atoms with van der Waals surface area (Å²) >= 11 is 3.13. The summed E-state index contributed by atoms with van der Waals surface area (Å²) in [6.45, 7) is 0.745. The van der Waals surface area contributed by atoms with Gasteiger partial charge in [-0.3, -0.25) is 14.5 Å². The molecule has 0 unspecified atom stereocenters. The Hall–Kier alpha value is -2.53. The van der Waals surface area contributed by atoms with E-state index in [0.717, 1.165) is 52.1 Å². The van der Waals surface area contributed by atoms with Crippen molar-refractivity contribution in [2.75, 3.05) is 13.7 Å². The highest BCUT2D eigenvalue weighted by molar-refractivity contribution is 14.1. The van der Waals surface area contributed by atoms with Crippen molar-refractivity contribution >= 4 is 57.5 Å². The molecule has 1 heterocycles. The number of amides is 2. The second kappa shape index (κ2) is 11.5. The molecule has 4 rings (SSSR count). The van der Waals surface area contributed by atoms with Crippen LogP contribution in [0.2, 0.25) is 0 Å². The van der Waals surface area contributed by atoms with E-state index in [2.05, 4.69) is 22.6 Å². The number of methoxy groups -OCH3 is 1. The van der Waals surface area contributed by atoms with Crippen molar-refractivity contribution in [3.8, 4) is 11.5 Å². The fourth-order valence-corrected chi connectivity index (χ4v) is 5.93. The third-order valence-electron chi connectivity index (χ3n) is 6.17. The number of imide groups is 1. The van der Waals surface area contributed by atoms with E-state index in [9.17, 15) is 14.4 Å². The van der Waals surface area contributed by atoms with E-state index in [4.69, 9.17) is 14.6 Å². The zero-order valence-corrected chi connectivity index (χ0v) is 22.3. The van der Waals surface area contributed by atoms with Crippen LogP contribution in [0.3, 0.4) is 0 Å². The van der Waals surface area contributed by atoms with E-state index in [-0.39, 0.29) is 23.3 Å². The Balaban J connectivity index is 1.47. The molecular formula is C26H26INO6S. The van der Waals surface area contributed by atoms with E-state index in [0.29, 0.717) is 28.9 Å². The molecule has 2 aromatic carbocycles. The van der Waals surface area contributed by atoms with Crippen LogP contribution in [0.25, 0.3) is 6.08 Å². The van der Waals surface area contributed by atoms with Crippen LogP contribution in [0, 0.1) is 9.49 Å². The molecule has 1 saturated carbocycles. The first kappa shape index (κ1) is 25.6. The average Bonchev–Trinajstić information content (AvgIpc) is 3.11. The van der Waals surface area contributed by atoms with Crippen molar-refractivity contribution in [3.05, 3.63) is 61.6 Å². The van der Waals surface area contributed by atoms with Gasteiger partial charge >= 0.3 is 5.97 Å². The molecule has 1 aliphatic heterocycles. The quantitative estimate of drug-likeness (QED) is 0.283. The van der Waals surface area contributed by atoms with E-state index in [1.165, 1.54) is 23.5 Å². The van der Waals surface area contributed by atoms with Crippen LogP contribution in [0.15, 0.2) is 41.3 Å². The molecule has 35 heavy (non-hydrogen) atoms. The first-order chi connectivity index (χ1) is 16.9. The minimum atomic E-state index is -0.976. The summed E-state index contributed by atoms with van der Waals surface area (Å²) < 4.78 is 12.3. The monoisotopic (exact) mass is 607 g/mol. The summed E-state index contributed by atoms with van der Waals surface area (Å²) in [5, 5.41) is 8.83. The van der Waals surface area contributed by atoms with Crippen molar-refractivity contribution in [1.29, 1.82) is 0 Å². The van der Waals surface area contributed by atoms with Gasteiger partial charge in [0, 0.05) is 6.54 Å². The van der Waals surface area contributed by atoms with Crippen LogP contribution < -0.4 is 9.47 Å². The summed E-state index contributed by atoms with van der Waals surface area (Å²) in [5.41, 5.74) is 1.78. The zero-order chi connectivity index (χ0) is 24.9. The molecule has 0 spiro atoms. The molecular weight excluding hydrogens is 581 g/mol. The number of nitrogens with zero attached hydrogens (tertiary/aromatic N) is 1. The van der Waals surface area contributed by atoms with Crippen molar-refractivity contribution in [2.24, 2.45) is 5.92 Å². The Morgan fingerprint density at radius 2 is 1.89 bits per heavy atom. The maximum Gasteiger partial charge on any atom is 0.335 e. The Morgan fingerprint density at radius 1 is 1.17 bits per heavy atom. The number of rotatable bonds is 8.